The van der Waals surface area contributed by atoms with Crippen molar-refractivity contribution in [2.24, 2.45) is 0 Å². The lowest BCUT2D eigenvalue weighted by atomic mass is 9.95. The van der Waals surface area contributed by atoms with Gasteiger partial charge in [0.05, 0.1) is 12.3 Å². The van der Waals surface area contributed by atoms with Crippen LogP contribution in [0.25, 0.3) is 0 Å². The average Bonchev–Trinajstić information content (AvgIpc) is 2.66. The molecule has 3 heterocycles. The number of aliphatic hydroxyl groups is 2. The Labute approximate surface area is 146 Å². The number of β-amino-alcohol motifs (C(OH)–C–C–N with tert-alkyl or cyclic N) is 1. The number of likely N-dealkylation sites (tertiary alicyclic amines) is 1. The maximum Gasteiger partial charge on any atom is 0.0889 e. The predicted molar refractivity (Wildman–Crippen MR) is 97.1 cm³/mol. The van der Waals surface area contributed by atoms with Crippen molar-refractivity contribution < 1.29 is 10.2 Å². The SMILES string of the molecule is C1CNCCN1.OCCN1CCNCC1(CCO)N1CCCCC1. The van der Waals surface area contributed by atoms with Gasteiger partial charge in [0, 0.05) is 65.4 Å². The van der Waals surface area contributed by atoms with Gasteiger partial charge in [-0.1, -0.05) is 6.42 Å². The highest BCUT2D eigenvalue weighted by Gasteiger charge is 2.43. The maximum atomic E-state index is 9.46. The van der Waals surface area contributed by atoms with Crippen LogP contribution in [0.4, 0.5) is 0 Å². The van der Waals surface area contributed by atoms with Gasteiger partial charge in [-0.05, 0) is 25.9 Å². The molecular formula is C17H37N5O2. The van der Waals surface area contributed by atoms with E-state index in [1.807, 2.05) is 0 Å². The van der Waals surface area contributed by atoms with E-state index in [0.717, 1.165) is 65.3 Å². The molecular weight excluding hydrogens is 306 g/mol. The number of nitrogens with zero attached hydrogens (tertiary/aromatic N) is 2. The minimum Gasteiger partial charge on any atom is -0.396 e. The molecule has 3 rings (SSSR count). The summed E-state index contributed by atoms with van der Waals surface area (Å²) < 4.78 is 0. The number of aliphatic hydroxyl groups excluding tert-OH is 2. The largest absolute Gasteiger partial charge is 0.396 e. The fourth-order valence-electron chi connectivity index (χ4n) is 4.07. The van der Waals surface area contributed by atoms with Gasteiger partial charge < -0.3 is 26.2 Å². The monoisotopic (exact) mass is 343 g/mol. The van der Waals surface area contributed by atoms with E-state index in [0.29, 0.717) is 6.54 Å². The van der Waals surface area contributed by atoms with Crippen LogP contribution in [0.15, 0.2) is 0 Å². The van der Waals surface area contributed by atoms with E-state index < -0.39 is 0 Å². The van der Waals surface area contributed by atoms with Gasteiger partial charge in [-0.3, -0.25) is 9.80 Å². The Morgan fingerprint density at radius 2 is 1.42 bits per heavy atom. The number of rotatable bonds is 5. The molecule has 0 aliphatic carbocycles. The van der Waals surface area contributed by atoms with Gasteiger partial charge in [0.15, 0.2) is 0 Å². The van der Waals surface area contributed by atoms with Crippen molar-refractivity contribution in [1.29, 1.82) is 0 Å². The van der Waals surface area contributed by atoms with Gasteiger partial charge >= 0.3 is 0 Å². The normalized spacial score (nSPS) is 29.8. The van der Waals surface area contributed by atoms with Crippen molar-refractivity contribution in [1.82, 2.24) is 25.8 Å². The highest BCUT2D eigenvalue weighted by Crippen LogP contribution is 2.29. The second kappa shape index (κ2) is 11.4. The van der Waals surface area contributed by atoms with Crippen LogP contribution in [0, 0.1) is 0 Å². The molecule has 0 saturated carbocycles. The Bertz CT molecular complexity index is 294. The molecule has 0 bridgehead atoms. The third-order valence-electron chi connectivity index (χ3n) is 5.34. The van der Waals surface area contributed by atoms with Crippen LogP contribution in [-0.4, -0.2) is 104 Å². The molecule has 1 atom stereocenters. The fraction of sp³-hybridized carbons (Fsp3) is 1.00. The van der Waals surface area contributed by atoms with Gasteiger partial charge in [0.2, 0.25) is 0 Å². The number of piperidine rings is 1. The fourth-order valence-corrected chi connectivity index (χ4v) is 4.07. The average molecular weight is 344 g/mol. The summed E-state index contributed by atoms with van der Waals surface area (Å²) in [5.41, 5.74) is -0.0872. The van der Waals surface area contributed by atoms with E-state index in [4.69, 9.17) is 0 Å². The highest BCUT2D eigenvalue weighted by molar-refractivity contribution is 4.96. The Hall–Kier alpha value is -0.280. The first kappa shape index (κ1) is 20.0. The standard InChI is InChI=1S/C13H27N3O2.C4H10N2/c17-10-4-13(15-6-2-1-3-7-15)12-14-5-8-16(13)9-11-18;1-2-6-4-3-5-1/h14,17-18H,1-12H2;5-6H,1-4H2. The summed E-state index contributed by atoms with van der Waals surface area (Å²) >= 11 is 0. The lowest BCUT2D eigenvalue weighted by Crippen LogP contribution is -2.70. The zero-order valence-electron chi connectivity index (χ0n) is 15.1. The zero-order chi connectivity index (χ0) is 17.1. The molecule has 5 N–H and O–H groups in total. The topological polar surface area (TPSA) is 83.0 Å². The number of piperazine rings is 2. The molecule has 0 spiro atoms. The van der Waals surface area contributed by atoms with Crippen molar-refractivity contribution in [2.75, 3.05) is 78.7 Å². The number of hydrogen-bond acceptors (Lipinski definition) is 7. The molecule has 142 valence electrons. The summed E-state index contributed by atoms with van der Waals surface area (Å²) in [7, 11) is 0. The summed E-state index contributed by atoms with van der Waals surface area (Å²) in [6.07, 6.45) is 4.58. The van der Waals surface area contributed by atoms with E-state index >= 15 is 0 Å². The molecule has 3 saturated heterocycles. The lowest BCUT2D eigenvalue weighted by molar-refractivity contribution is -0.0989. The van der Waals surface area contributed by atoms with E-state index in [1.165, 1.54) is 19.3 Å². The van der Waals surface area contributed by atoms with Gasteiger partial charge in [0.1, 0.15) is 0 Å². The molecule has 7 heteroatoms. The van der Waals surface area contributed by atoms with Crippen LogP contribution >= 0.6 is 0 Å². The van der Waals surface area contributed by atoms with Crippen molar-refractivity contribution in [3.05, 3.63) is 0 Å². The third kappa shape index (κ3) is 5.62. The molecule has 0 aromatic rings. The summed E-state index contributed by atoms with van der Waals surface area (Å²) in [6, 6.07) is 0. The molecule has 3 aliphatic heterocycles. The van der Waals surface area contributed by atoms with Crippen LogP contribution in [-0.2, 0) is 0 Å². The van der Waals surface area contributed by atoms with Crippen LogP contribution in [0.1, 0.15) is 25.7 Å². The molecule has 3 fully saturated rings. The van der Waals surface area contributed by atoms with E-state index in [9.17, 15) is 10.2 Å². The Morgan fingerprint density at radius 1 is 0.750 bits per heavy atom. The summed E-state index contributed by atoms with van der Waals surface area (Å²) in [5, 5.41) is 28.6. The molecule has 0 aromatic heterocycles. The Morgan fingerprint density at radius 3 is 1.96 bits per heavy atom. The van der Waals surface area contributed by atoms with Crippen molar-refractivity contribution in [3.63, 3.8) is 0 Å². The van der Waals surface area contributed by atoms with Crippen LogP contribution in [0.5, 0.6) is 0 Å². The predicted octanol–water partition coefficient (Wildman–Crippen LogP) is -1.37. The molecule has 7 nitrogen and oxygen atoms in total. The van der Waals surface area contributed by atoms with Gasteiger partial charge in [-0.25, -0.2) is 0 Å². The molecule has 0 aromatic carbocycles. The highest BCUT2D eigenvalue weighted by atomic mass is 16.3. The smallest absolute Gasteiger partial charge is 0.0889 e. The molecule has 3 aliphatic rings. The van der Waals surface area contributed by atoms with Gasteiger partial charge in [-0.15, -0.1) is 0 Å². The molecule has 24 heavy (non-hydrogen) atoms. The number of hydrogen-bond donors (Lipinski definition) is 5. The van der Waals surface area contributed by atoms with E-state index in [1.54, 1.807) is 0 Å². The van der Waals surface area contributed by atoms with Crippen LogP contribution in [0.2, 0.25) is 0 Å². The van der Waals surface area contributed by atoms with Crippen LogP contribution in [0.3, 0.4) is 0 Å². The van der Waals surface area contributed by atoms with Gasteiger partial charge in [0.25, 0.3) is 0 Å². The van der Waals surface area contributed by atoms with Gasteiger partial charge in [-0.2, -0.15) is 0 Å². The van der Waals surface area contributed by atoms with E-state index in [-0.39, 0.29) is 18.9 Å². The minimum absolute atomic E-state index is 0.0872. The molecule has 1 unspecified atom stereocenters. The second-order valence-electron chi connectivity index (χ2n) is 6.89. The van der Waals surface area contributed by atoms with Crippen molar-refractivity contribution >= 4 is 0 Å². The second-order valence-corrected chi connectivity index (χ2v) is 6.89. The maximum absolute atomic E-state index is 9.46. The third-order valence-corrected chi connectivity index (χ3v) is 5.34. The quantitative estimate of drug-likeness (QED) is 0.421. The summed E-state index contributed by atoms with van der Waals surface area (Å²) in [6.45, 7) is 10.7. The summed E-state index contributed by atoms with van der Waals surface area (Å²) in [4.78, 5) is 4.89. The van der Waals surface area contributed by atoms with Crippen molar-refractivity contribution in [3.8, 4) is 0 Å². The van der Waals surface area contributed by atoms with Crippen molar-refractivity contribution in [2.45, 2.75) is 31.3 Å². The number of nitrogens with one attached hydrogen (secondary N) is 3. The van der Waals surface area contributed by atoms with Crippen LogP contribution < -0.4 is 16.0 Å². The minimum atomic E-state index is -0.0872. The summed E-state index contributed by atoms with van der Waals surface area (Å²) in [5.74, 6) is 0. The first-order valence-electron chi connectivity index (χ1n) is 9.67. The molecule has 0 radical (unpaired) electrons. The van der Waals surface area contributed by atoms with E-state index in [2.05, 4.69) is 25.8 Å². The first-order valence-corrected chi connectivity index (χ1v) is 9.67. The lowest BCUT2D eigenvalue weighted by Gasteiger charge is -2.54. The first-order chi connectivity index (χ1) is 11.8. The Kier molecular flexibility index (Phi) is 9.48. The molecule has 0 amide bonds. The zero-order valence-corrected chi connectivity index (χ0v) is 15.1. The Balaban J connectivity index is 0.000000292.